The Kier molecular flexibility index (Phi) is 6.22. The maximum absolute atomic E-state index is 12.9. The van der Waals surface area contributed by atoms with Crippen LogP contribution in [0, 0.1) is 13.8 Å². The van der Waals surface area contributed by atoms with Gasteiger partial charge in [0.2, 0.25) is 0 Å². The number of nitrogens with one attached hydrogen (secondary N) is 1. The first-order valence-electron chi connectivity index (χ1n) is 11.5. The predicted molar refractivity (Wildman–Crippen MR) is 135 cm³/mol. The molecule has 0 unspecified atom stereocenters. The van der Waals surface area contributed by atoms with Crippen molar-refractivity contribution in [1.82, 2.24) is 30.1 Å². The third-order valence-electron chi connectivity index (χ3n) is 6.01. The van der Waals surface area contributed by atoms with E-state index in [0.29, 0.717) is 17.9 Å². The van der Waals surface area contributed by atoms with Crippen LogP contribution in [-0.2, 0) is 13.1 Å². The third-order valence-corrected chi connectivity index (χ3v) is 6.01. The van der Waals surface area contributed by atoms with Gasteiger partial charge in [0, 0.05) is 18.9 Å². The molecule has 0 saturated carbocycles. The van der Waals surface area contributed by atoms with E-state index >= 15 is 0 Å². The van der Waals surface area contributed by atoms with Gasteiger partial charge in [-0.1, -0.05) is 71.4 Å². The zero-order chi connectivity index (χ0) is 24.2. The summed E-state index contributed by atoms with van der Waals surface area (Å²) < 4.78 is 3.59. The van der Waals surface area contributed by atoms with Crippen LogP contribution < -0.4 is 5.32 Å². The molecule has 2 aromatic heterocycles. The van der Waals surface area contributed by atoms with Crippen LogP contribution in [0.4, 0.5) is 0 Å². The summed E-state index contributed by atoms with van der Waals surface area (Å²) >= 11 is 0. The first-order chi connectivity index (χ1) is 17.1. The SMILES string of the molecule is Cc1ccc(-n2nnc(C(=O)NCc3ccccc3-c3ccc(Cn4cccn4)cc3)c2C)cc1. The highest BCUT2D eigenvalue weighted by Crippen LogP contribution is 2.24. The van der Waals surface area contributed by atoms with Crippen molar-refractivity contribution in [2.45, 2.75) is 26.9 Å². The van der Waals surface area contributed by atoms with E-state index in [1.54, 1.807) is 10.9 Å². The Labute approximate surface area is 204 Å². The van der Waals surface area contributed by atoms with E-state index < -0.39 is 0 Å². The Balaban J connectivity index is 1.30. The number of carbonyl (C=O) groups excluding carboxylic acids is 1. The minimum Gasteiger partial charge on any atom is -0.346 e. The van der Waals surface area contributed by atoms with Crippen molar-refractivity contribution in [3.8, 4) is 16.8 Å². The van der Waals surface area contributed by atoms with Crippen molar-refractivity contribution in [2.24, 2.45) is 0 Å². The van der Waals surface area contributed by atoms with E-state index in [0.717, 1.165) is 34.5 Å². The van der Waals surface area contributed by atoms with Crippen LogP contribution in [-0.4, -0.2) is 30.7 Å². The molecule has 0 aliphatic heterocycles. The number of hydrogen-bond acceptors (Lipinski definition) is 4. The van der Waals surface area contributed by atoms with Crippen LogP contribution in [0.25, 0.3) is 16.8 Å². The molecule has 0 radical (unpaired) electrons. The van der Waals surface area contributed by atoms with Crippen LogP contribution in [0.1, 0.15) is 32.9 Å². The van der Waals surface area contributed by atoms with Gasteiger partial charge in [-0.05, 0) is 54.3 Å². The number of rotatable bonds is 7. The Bertz CT molecular complexity index is 1430. The molecule has 5 aromatic rings. The van der Waals surface area contributed by atoms with Crippen LogP contribution in [0.2, 0.25) is 0 Å². The normalized spacial score (nSPS) is 10.9. The van der Waals surface area contributed by atoms with E-state index in [4.69, 9.17) is 0 Å². The van der Waals surface area contributed by atoms with E-state index in [1.807, 2.05) is 73.3 Å². The number of hydrogen-bond donors (Lipinski definition) is 1. The molecule has 0 spiro atoms. The highest BCUT2D eigenvalue weighted by Gasteiger charge is 2.17. The van der Waals surface area contributed by atoms with Crippen LogP contribution in [0.5, 0.6) is 0 Å². The van der Waals surface area contributed by atoms with Gasteiger partial charge in [0.1, 0.15) is 0 Å². The van der Waals surface area contributed by atoms with E-state index in [-0.39, 0.29) is 5.91 Å². The molecule has 0 atom stereocenters. The Morgan fingerprint density at radius 2 is 1.69 bits per heavy atom. The van der Waals surface area contributed by atoms with Gasteiger partial charge in [0.15, 0.2) is 5.69 Å². The molecule has 1 amide bonds. The topological polar surface area (TPSA) is 77.6 Å². The number of aryl methyl sites for hydroxylation is 1. The predicted octanol–water partition coefficient (Wildman–Crippen LogP) is 4.73. The number of benzene rings is 3. The lowest BCUT2D eigenvalue weighted by molar-refractivity contribution is 0.0945. The van der Waals surface area contributed by atoms with Crippen molar-refractivity contribution < 1.29 is 4.79 Å². The summed E-state index contributed by atoms with van der Waals surface area (Å²) in [6.07, 6.45) is 3.73. The van der Waals surface area contributed by atoms with Gasteiger partial charge >= 0.3 is 0 Å². The second kappa shape index (κ2) is 9.77. The van der Waals surface area contributed by atoms with Gasteiger partial charge in [-0.25, -0.2) is 4.68 Å². The van der Waals surface area contributed by atoms with E-state index in [9.17, 15) is 4.79 Å². The van der Waals surface area contributed by atoms with Crippen molar-refractivity contribution >= 4 is 5.91 Å². The first-order valence-corrected chi connectivity index (χ1v) is 11.5. The van der Waals surface area contributed by atoms with Crippen LogP contribution in [0.15, 0.2) is 91.3 Å². The summed E-state index contributed by atoms with van der Waals surface area (Å²) in [5.41, 5.74) is 7.45. The summed E-state index contributed by atoms with van der Waals surface area (Å²) in [4.78, 5) is 12.9. The molecule has 0 bridgehead atoms. The van der Waals surface area contributed by atoms with Gasteiger partial charge < -0.3 is 5.32 Å². The molecule has 174 valence electrons. The monoisotopic (exact) mass is 462 g/mol. The van der Waals surface area contributed by atoms with Gasteiger partial charge in [-0.2, -0.15) is 5.10 Å². The lowest BCUT2D eigenvalue weighted by atomic mass is 9.98. The molecule has 0 aliphatic carbocycles. The average molecular weight is 463 g/mol. The lowest BCUT2D eigenvalue weighted by Gasteiger charge is -2.12. The molecule has 1 N–H and O–H groups in total. The maximum atomic E-state index is 12.9. The van der Waals surface area contributed by atoms with Crippen LogP contribution >= 0.6 is 0 Å². The lowest BCUT2D eigenvalue weighted by Crippen LogP contribution is -2.24. The van der Waals surface area contributed by atoms with Crippen molar-refractivity contribution in [3.05, 3.63) is 119 Å². The van der Waals surface area contributed by atoms with Gasteiger partial charge in [0.05, 0.1) is 17.9 Å². The van der Waals surface area contributed by atoms with Crippen molar-refractivity contribution in [2.75, 3.05) is 0 Å². The van der Waals surface area contributed by atoms with Crippen molar-refractivity contribution in [1.29, 1.82) is 0 Å². The van der Waals surface area contributed by atoms with Crippen molar-refractivity contribution in [3.63, 3.8) is 0 Å². The smallest absolute Gasteiger partial charge is 0.274 e. The minimum atomic E-state index is -0.245. The molecular weight excluding hydrogens is 436 g/mol. The molecule has 35 heavy (non-hydrogen) atoms. The van der Waals surface area contributed by atoms with E-state index in [2.05, 4.69) is 51.1 Å². The van der Waals surface area contributed by atoms with Gasteiger partial charge in [-0.15, -0.1) is 5.10 Å². The number of nitrogens with zero attached hydrogens (tertiary/aromatic N) is 5. The molecule has 2 heterocycles. The first kappa shape index (κ1) is 22.3. The fourth-order valence-corrected chi connectivity index (χ4v) is 4.06. The van der Waals surface area contributed by atoms with Gasteiger partial charge in [0.25, 0.3) is 5.91 Å². The quantitative estimate of drug-likeness (QED) is 0.379. The largest absolute Gasteiger partial charge is 0.346 e. The standard InChI is InChI=1S/C28H26N6O/c1-20-8-14-25(15-9-20)34-21(2)27(31-32-34)28(35)29-18-24-6-3-4-7-26(24)23-12-10-22(11-13-23)19-33-17-5-16-30-33/h3-17H,18-19H2,1-2H3,(H,29,35). The van der Waals surface area contributed by atoms with Crippen LogP contribution in [0.3, 0.4) is 0 Å². The number of amides is 1. The highest BCUT2D eigenvalue weighted by molar-refractivity contribution is 5.93. The fourth-order valence-electron chi connectivity index (χ4n) is 4.06. The molecule has 0 aliphatic rings. The molecule has 0 saturated heterocycles. The second-order valence-corrected chi connectivity index (χ2v) is 8.51. The zero-order valence-corrected chi connectivity index (χ0v) is 19.7. The summed E-state index contributed by atoms with van der Waals surface area (Å²) in [6.45, 7) is 5.01. The Morgan fingerprint density at radius 1 is 0.914 bits per heavy atom. The molecular formula is C28H26N6O. The molecule has 7 nitrogen and oxygen atoms in total. The maximum Gasteiger partial charge on any atom is 0.274 e. The number of aromatic nitrogens is 5. The molecule has 5 rings (SSSR count). The summed E-state index contributed by atoms with van der Waals surface area (Å²) in [7, 11) is 0. The minimum absolute atomic E-state index is 0.245. The zero-order valence-electron chi connectivity index (χ0n) is 19.7. The Morgan fingerprint density at radius 3 is 2.43 bits per heavy atom. The molecule has 3 aromatic carbocycles. The molecule has 0 fully saturated rings. The Hall–Kier alpha value is -4.52. The van der Waals surface area contributed by atoms with E-state index in [1.165, 1.54) is 5.56 Å². The summed E-state index contributed by atoms with van der Waals surface area (Å²) in [6, 6.07) is 26.4. The summed E-state index contributed by atoms with van der Waals surface area (Å²) in [5.74, 6) is -0.245. The highest BCUT2D eigenvalue weighted by atomic mass is 16.2. The average Bonchev–Trinajstić information content (AvgIpc) is 3.53. The number of carbonyl (C=O) groups is 1. The second-order valence-electron chi connectivity index (χ2n) is 8.51. The summed E-state index contributed by atoms with van der Waals surface area (Å²) in [5, 5.41) is 15.6. The third kappa shape index (κ3) is 4.89. The molecule has 7 heteroatoms. The van der Waals surface area contributed by atoms with Gasteiger partial charge in [-0.3, -0.25) is 9.48 Å². The fraction of sp³-hybridized carbons (Fsp3) is 0.143.